The van der Waals surface area contributed by atoms with Crippen molar-refractivity contribution in [2.24, 2.45) is 0 Å². The molecule has 2 aromatic carbocycles. The number of nitrogens with one attached hydrogen (secondary N) is 1. The van der Waals surface area contributed by atoms with Crippen LogP contribution < -0.4 is 5.32 Å². The first kappa shape index (κ1) is 30.3. The summed E-state index contributed by atoms with van der Waals surface area (Å²) in [6, 6.07) is 18.1. The van der Waals surface area contributed by atoms with Gasteiger partial charge in [0.15, 0.2) is 5.78 Å². The lowest BCUT2D eigenvalue weighted by atomic mass is 9.93. The monoisotopic (exact) mass is 628 g/mol. The van der Waals surface area contributed by atoms with Crippen LogP contribution in [0.25, 0.3) is 0 Å². The summed E-state index contributed by atoms with van der Waals surface area (Å²) in [5, 5.41) is 3.07. The normalized spacial score (nSPS) is 15.9. The van der Waals surface area contributed by atoms with E-state index in [1.807, 2.05) is 43.4 Å². The van der Waals surface area contributed by atoms with Gasteiger partial charge in [-0.1, -0.05) is 24.3 Å². The summed E-state index contributed by atoms with van der Waals surface area (Å²) in [5.74, 6) is -0.408. The molecule has 0 saturated carbocycles. The molecule has 3 heterocycles. The molecule has 0 bridgehead atoms. The number of Topliss-reactive ketones (excluding diaryl/α,β-unsaturated/α-hetero) is 1. The van der Waals surface area contributed by atoms with Crippen molar-refractivity contribution in [2.45, 2.75) is 43.4 Å². The summed E-state index contributed by atoms with van der Waals surface area (Å²) in [4.78, 5) is 35.5. The molecule has 0 radical (unpaired) electrons. The van der Waals surface area contributed by atoms with E-state index in [1.165, 1.54) is 20.8 Å². The first-order valence-electron chi connectivity index (χ1n) is 15.0. The van der Waals surface area contributed by atoms with Gasteiger partial charge in [-0.2, -0.15) is 4.31 Å². The number of sulfonamides is 1. The molecule has 1 aliphatic heterocycles. The number of carbonyl (C=O) groups excluding carboxylic acids is 2. The van der Waals surface area contributed by atoms with Crippen LogP contribution in [0.4, 0.5) is 5.69 Å². The Kier molecular flexibility index (Phi) is 9.04. The van der Waals surface area contributed by atoms with E-state index in [0.29, 0.717) is 43.0 Å². The Bertz CT molecular complexity index is 1760. The summed E-state index contributed by atoms with van der Waals surface area (Å²) in [7, 11) is -1.73. The Morgan fingerprint density at radius 3 is 2.36 bits per heavy atom. The van der Waals surface area contributed by atoms with Crippen LogP contribution in [-0.2, 0) is 35.7 Å². The van der Waals surface area contributed by atoms with Crippen molar-refractivity contribution >= 4 is 38.7 Å². The first-order chi connectivity index (χ1) is 21.3. The van der Waals surface area contributed by atoms with E-state index in [2.05, 4.69) is 15.2 Å². The summed E-state index contributed by atoms with van der Waals surface area (Å²) in [6.45, 7) is 2.18. The number of benzene rings is 2. The maximum absolute atomic E-state index is 13.7. The lowest BCUT2D eigenvalue weighted by Crippen LogP contribution is -2.47. The Labute approximate surface area is 262 Å². The zero-order chi connectivity index (χ0) is 30.7. The number of hydrogen-bond donors (Lipinski definition) is 1. The zero-order valence-electron chi connectivity index (χ0n) is 24.8. The molecule has 1 amide bonds. The second-order valence-electron chi connectivity index (χ2n) is 11.5. The van der Waals surface area contributed by atoms with E-state index in [4.69, 9.17) is 0 Å². The number of ketones is 1. The highest BCUT2D eigenvalue weighted by molar-refractivity contribution is 7.89. The third-order valence-corrected chi connectivity index (χ3v) is 11.6. The second kappa shape index (κ2) is 13.1. The number of piperazine rings is 1. The Hall–Kier alpha value is -3.70. The van der Waals surface area contributed by atoms with Crippen LogP contribution in [0.5, 0.6) is 0 Å². The molecule has 1 saturated heterocycles. The van der Waals surface area contributed by atoms with Crippen molar-refractivity contribution in [1.82, 2.24) is 14.2 Å². The van der Waals surface area contributed by atoms with Crippen LogP contribution in [0, 0.1) is 0 Å². The number of hydrogen-bond acceptors (Lipinski definition) is 7. The number of rotatable bonds is 9. The number of thiophene rings is 1. The highest BCUT2D eigenvalue weighted by Gasteiger charge is 2.29. The fourth-order valence-electron chi connectivity index (χ4n) is 5.90. The average Bonchev–Trinajstić information content (AvgIpc) is 3.40. The number of aryl methyl sites for hydroxylation is 1. The molecule has 1 N–H and O–H groups in total. The van der Waals surface area contributed by atoms with Gasteiger partial charge in [0.1, 0.15) is 0 Å². The summed E-state index contributed by atoms with van der Waals surface area (Å²) < 4.78 is 28.1. The van der Waals surface area contributed by atoms with Gasteiger partial charge < -0.3 is 10.2 Å². The second-order valence-corrected chi connectivity index (χ2v) is 14.7. The van der Waals surface area contributed by atoms with Crippen LogP contribution in [0.3, 0.4) is 0 Å². The molecule has 228 valence electrons. The quantitative estimate of drug-likeness (QED) is 0.255. The molecular weight excluding hydrogens is 593 g/mol. The minimum absolute atomic E-state index is 0.0449. The van der Waals surface area contributed by atoms with E-state index in [-0.39, 0.29) is 23.0 Å². The SMILES string of the molecule is CN1CCN(S(=O)(=O)c2cccc(C(=O)Cc3sc4c(c3C(=O)Nc3ccc(Cc5ccncc5)cc3)CCCC4)c2)CC1. The van der Waals surface area contributed by atoms with Gasteiger partial charge in [-0.25, -0.2) is 8.42 Å². The number of anilines is 1. The minimum Gasteiger partial charge on any atom is -0.322 e. The lowest BCUT2D eigenvalue weighted by Gasteiger charge is -2.31. The van der Waals surface area contributed by atoms with E-state index in [1.54, 1.807) is 41.9 Å². The zero-order valence-corrected chi connectivity index (χ0v) is 26.4. The van der Waals surface area contributed by atoms with E-state index >= 15 is 0 Å². The minimum atomic E-state index is -3.70. The molecule has 6 rings (SSSR count). The number of carbonyl (C=O) groups is 2. The Morgan fingerprint density at radius 1 is 0.909 bits per heavy atom. The number of likely N-dealkylation sites (N-methyl/N-ethyl adjacent to an activating group) is 1. The van der Waals surface area contributed by atoms with Gasteiger partial charge in [0.2, 0.25) is 10.0 Å². The molecule has 8 nitrogen and oxygen atoms in total. The molecule has 1 fully saturated rings. The number of nitrogens with zero attached hydrogens (tertiary/aromatic N) is 3. The highest BCUT2D eigenvalue weighted by Crippen LogP contribution is 2.36. The van der Waals surface area contributed by atoms with Crippen molar-refractivity contribution in [1.29, 1.82) is 0 Å². The fourth-order valence-corrected chi connectivity index (χ4v) is 8.76. The van der Waals surface area contributed by atoms with Crippen molar-refractivity contribution in [3.63, 3.8) is 0 Å². The number of aromatic nitrogens is 1. The largest absolute Gasteiger partial charge is 0.322 e. The van der Waals surface area contributed by atoms with Crippen molar-refractivity contribution in [3.05, 3.63) is 111 Å². The molecule has 0 atom stereocenters. The van der Waals surface area contributed by atoms with Crippen LogP contribution in [-0.4, -0.2) is 67.5 Å². The molecule has 4 aromatic rings. The van der Waals surface area contributed by atoms with E-state index < -0.39 is 10.0 Å². The number of pyridine rings is 1. The van der Waals surface area contributed by atoms with Crippen LogP contribution in [0.2, 0.25) is 0 Å². The van der Waals surface area contributed by atoms with Crippen LogP contribution in [0.1, 0.15) is 60.0 Å². The van der Waals surface area contributed by atoms with Gasteiger partial charge in [0.05, 0.1) is 10.5 Å². The summed E-state index contributed by atoms with van der Waals surface area (Å²) >= 11 is 1.54. The molecular formula is C34H36N4O4S2. The molecule has 0 spiro atoms. The molecule has 2 aliphatic rings. The topological polar surface area (TPSA) is 99.7 Å². The van der Waals surface area contributed by atoms with E-state index in [0.717, 1.165) is 48.1 Å². The van der Waals surface area contributed by atoms with Gasteiger partial charge in [-0.15, -0.1) is 11.3 Å². The molecule has 2 aromatic heterocycles. The van der Waals surface area contributed by atoms with Crippen LogP contribution in [0.15, 0.2) is 78.0 Å². The van der Waals surface area contributed by atoms with Crippen LogP contribution >= 0.6 is 11.3 Å². The Balaban J connectivity index is 1.20. The smallest absolute Gasteiger partial charge is 0.257 e. The summed E-state index contributed by atoms with van der Waals surface area (Å²) in [5.41, 5.74) is 4.97. The van der Waals surface area contributed by atoms with Gasteiger partial charge in [0.25, 0.3) is 5.91 Å². The highest BCUT2D eigenvalue weighted by atomic mass is 32.2. The summed E-state index contributed by atoms with van der Waals surface area (Å²) in [6.07, 6.45) is 8.16. The standard InChI is InChI=1S/C34H36N4O4S2/c1-37-17-19-38(20-18-37)44(41,42)28-6-4-5-26(22-28)30(39)23-32-33(29-7-2-3-8-31(29)43-32)34(40)36-27-11-9-24(10-12-27)21-25-13-15-35-16-14-25/h4-6,9-16,22H,2-3,7-8,17-21,23H2,1H3,(H,36,40). The molecule has 44 heavy (non-hydrogen) atoms. The lowest BCUT2D eigenvalue weighted by molar-refractivity contribution is 0.0993. The van der Waals surface area contributed by atoms with E-state index in [9.17, 15) is 18.0 Å². The molecule has 0 unspecified atom stereocenters. The van der Waals surface area contributed by atoms with Gasteiger partial charge in [-0.05, 0) is 92.2 Å². The van der Waals surface area contributed by atoms with Crippen molar-refractivity contribution in [3.8, 4) is 0 Å². The van der Waals surface area contributed by atoms with Crippen molar-refractivity contribution < 1.29 is 18.0 Å². The van der Waals surface area contributed by atoms with Crippen molar-refractivity contribution in [2.75, 3.05) is 38.5 Å². The average molecular weight is 629 g/mol. The molecule has 1 aliphatic carbocycles. The third-order valence-electron chi connectivity index (χ3n) is 8.42. The van der Waals surface area contributed by atoms with Gasteiger partial charge >= 0.3 is 0 Å². The maximum atomic E-state index is 13.7. The predicted molar refractivity (Wildman–Crippen MR) is 173 cm³/mol. The van der Waals surface area contributed by atoms with Gasteiger partial charge in [0, 0.05) is 66.0 Å². The third kappa shape index (κ3) is 6.68. The fraction of sp³-hybridized carbons (Fsp3) is 0.324. The first-order valence-corrected chi connectivity index (χ1v) is 17.3. The molecule has 10 heteroatoms. The number of amides is 1. The predicted octanol–water partition coefficient (Wildman–Crippen LogP) is 5.23. The van der Waals surface area contributed by atoms with Gasteiger partial charge in [-0.3, -0.25) is 14.6 Å². The Morgan fingerprint density at radius 2 is 1.61 bits per heavy atom. The maximum Gasteiger partial charge on any atom is 0.257 e. The number of fused-ring (bicyclic) bond motifs is 1.